The molecule has 0 spiro atoms. The Morgan fingerprint density at radius 2 is 0.672 bits per heavy atom. The van der Waals surface area contributed by atoms with Gasteiger partial charge in [0.05, 0.1) is 17.3 Å². The molecule has 0 aliphatic rings. The maximum Gasteiger partial charge on any atom is 0.0991 e. The first kappa shape index (κ1) is 35.9. The lowest BCUT2D eigenvalue weighted by Gasteiger charge is -2.27. The summed E-state index contributed by atoms with van der Waals surface area (Å²) < 4.78 is 0. The van der Waals surface area contributed by atoms with Crippen LogP contribution >= 0.6 is 0 Å². The Balaban J connectivity index is 0.916. The minimum atomic E-state index is 0.640. The van der Waals surface area contributed by atoms with Crippen molar-refractivity contribution in [1.82, 2.24) is 0 Å². The zero-order valence-corrected chi connectivity index (χ0v) is 33.3. The van der Waals surface area contributed by atoms with E-state index in [1.54, 1.807) is 0 Å². The summed E-state index contributed by atoms with van der Waals surface area (Å²) in [7, 11) is 0. The molecule has 0 aromatic heterocycles. The Bertz CT molecular complexity index is 3380. The van der Waals surface area contributed by atoms with Crippen LogP contribution in [0.1, 0.15) is 5.56 Å². The van der Waals surface area contributed by atoms with Gasteiger partial charge in [-0.3, -0.25) is 0 Å². The molecule has 0 fully saturated rings. The average Bonchev–Trinajstić information content (AvgIpc) is 3.34. The third kappa shape index (κ3) is 6.37. The first-order valence-electron chi connectivity index (χ1n) is 20.7. The van der Waals surface area contributed by atoms with Gasteiger partial charge in [-0.2, -0.15) is 5.26 Å². The van der Waals surface area contributed by atoms with Crippen molar-refractivity contribution < 1.29 is 0 Å². The quantitative estimate of drug-likeness (QED) is 0.151. The van der Waals surface area contributed by atoms with E-state index in [1.807, 2.05) is 24.3 Å². The molecule has 0 unspecified atom stereocenters. The van der Waals surface area contributed by atoms with E-state index in [4.69, 9.17) is 0 Å². The summed E-state index contributed by atoms with van der Waals surface area (Å²) in [6.07, 6.45) is 0. The number of nitriles is 1. The second kappa shape index (κ2) is 15.2. The summed E-state index contributed by atoms with van der Waals surface area (Å²) in [6.45, 7) is 0. The van der Waals surface area contributed by atoms with Gasteiger partial charge in [0.15, 0.2) is 0 Å². The second-order valence-electron chi connectivity index (χ2n) is 15.6. The molecule has 11 aromatic carbocycles. The highest BCUT2D eigenvalue weighted by Gasteiger charge is 2.19. The molecule has 61 heavy (non-hydrogen) atoms. The van der Waals surface area contributed by atoms with Gasteiger partial charge >= 0.3 is 0 Å². The van der Waals surface area contributed by atoms with E-state index in [9.17, 15) is 5.26 Å². The van der Waals surface area contributed by atoms with E-state index >= 15 is 0 Å². The number of anilines is 3. The predicted octanol–water partition coefficient (Wildman–Crippen LogP) is 16.3. The number of hydrogen-bond acceptors (Lipinski definition) is 2. The Hall–Kier alpha value is -8.25. The van der Waals surface area contributed by atoms with E-state index in [1.165, 1.54) is 76.5 Å². The molecule has 0 heterocycles. The minimum Gasteiger partial charge on any atom is -0.310 e. The van der Waals surface area contributed by atoms with Crippen molar-refractivity contribution in [2.24, 2.45) is 0 Å². The fourth-order valence-corrected chi connectivity index (χ4v) is 9.18. The third-order valence-corrected chi connectivity index (χ3v) is 12.1. The molecule has 0 N–H and O–H groups in total. The standard InChI is InChI=1S/C59H38N2/c60-39-40-23-35-48(36-24-40)61(57-22-10-14-46-12-2-4-16-51(46)57)49-37-33-44(34-38-49)42-27-25-41(26-28-42)43-29-31-47(32-30-43)58-53-17-5-7-19-55(53)59(56-20-8-6-18-54(56)58)52-21-9-13-45-11-1-3-15-50(45)52/h1-38H. The van der Waals surface area contributed by atoms with Crippen LogP contribution in [0.2, 0.25) is 0 Å². The molecular formula is C59H38N2. The molecule has 284 valence electrons. The lowest BCUT2D eigenvalue weighted by Crippen LogP contribution is -2.10. The van der Waals surface area contributed by atoms with Gasteiger partial charge in [0, 0.05) is 16.8 Å². The minimum absolute atomic E-state index is 0.640. The molecular weight excluding hydrogens is 737 g/mol. The molecule has 11 rings (SSSR count). The van der Waals surface area contributed by atoms with Crippen LogP contribution in [0.25, 0.3) is 87.6 Å². The second-order valence-corrected chi connectivity index (χ2v) is 15.6. The van der Waals surface area contributed by atoms with Crippen molar-refractivity contribution in [3.63, 3.8) is 0 Å². The van der Waals surface area contributed by atoms with Crippen LogP contribution in [-0.2, 0) is 0 Å². The summed E-state index contributed by atoms with van der Waals surface area (Å²) in [5, 5.41) is 19.4. The number of hydrogen-bond donors (Lipinski definition) is 0. The highest BCUT2D eigenvalue weighted by molar-refractivity contribution is 6.23. The van der Waals surface area contributed by atoms with E-state index in [2.05, 4.69) is 217 Å². The van der Waals surface area contributed by atoms with Crippen LogP contribution in [0.3, 0.4) is 0 Å². The molecule has 0 atom stereocenters. The van der Waals surface area contributed by atoms with Crippen LogP contribution in [-0.4, -0.2) is 0 Å². The largest absolute Gasteiger partial charge is 0.310 e. The smallest absolute Gasteiger partial charge is 0.0991 e. The van der Waals surface area contributed by atoms with Gasteiger partial charge in [-0.1, -0.05) is 188 Å². The topological polar surface area (TPSA) is 27.0 Å². The number of rotatable bonds is 7. The lowest BCUT2D eigenvalue weighted by molar-refractivity contribution is 1.29. The summed E-state index contributed by atoms with van der Waals surface area (Å²) in [4.78, 5) is 2.27. The maximum atomic E-state index is 9.48. The van der Waals surface area contributed by atoms with Crippen molar-refractivity contribution in [2.45, 2.75) is 0 Å². The first-order chi connectivity index (χ1) is 30.2. The van der Waals surface area contributed by atoms with Gasteiger partial charge in [-0.25, -0.2) is 0 Å². The normalized spacial score (nSPS) is 11.3. The molecule has 0 saturated heterocycles. The van der Waals surface area contributed by atoms with Crippen molar-refractivity contribution in [3.05, 3.63) is 236 Å². The summed E-state index contributed by atoms with van der Waals surface area (Å²) in [6, 6.07) is 84.7. The van der Waals surface area contributed by atoms with Crippen LogP contribution in [0, 0.1) is 11.3 Å². The highest BCUT2D eigenvalue weighted by atomic mass is 15.1. The van der Waals surface area contributed by atoms with E-state index in [-0.39, 0.29) is 0 Å². The molecule has 0 aliphatic heterocycles. The van der Waals surface area contributed by atoms with E-state index in [0.29, 0.717) is 5.56 Å². The SMILES string of the molecule is N#Cc1ccc(N(c2ccc(-c3ccc(-c4ccc(-c5c6ccccc6c(-c6cccc7ccccc67)c6ccccc56)cc4)cc3)cc2)c2cccc3ccccc23)cc1. The Labute approximate surface area is 355 Å². The molecule has 0 saturated carbocycles. The van der Waals surface area contributed by atoms with Crippen molar-refractivity contribution in [1.29, 1.82) is 5.26 Å². The van der Waals surface area contributed by atoms with Crippen molar-refractivity contribution >= 4 is 60.2 Å². The fourth-order valence-electron chi connectivity index (χ4n) is 9.18. The third-order valence-electron chi connectivity index (χ3n) is 12.1. The van der Waals surface area contributed by atoms with Gasteiger partial charge in [-0.05, 0) is 125 Å². The van der Waals surface area contributed by atoms with Crippen molar-refractivity contribution in [3.8, 4) is 50.6 Å². The summed E-state index contributed by atoms with van der Waals surface area (Å²) in [5.74, 6) is 0. The molecule has 11 aromatic rings. The lowest BCUT2D eigenvalue weighted by atomic mass is 9.84. The molecule has 0 radical (unpaired) electrons. The molecule has 2 heteroatoms. The van der Waals surface area contributed by atoms with Crippen molar-refractivity contribution in [2.75, 3.05) is 4.90 Å². The number of benzene rings is 11. The zero-order chi connectivity index (χ0) is 40.7. The van der Waals surface area contributed by atoms with Gasteiger partial charge < -0.3 is 4.90 Å². The van der Waals surface area contributed by atoms with E-state index in [0.717, 1.165) is 28.2 Å². The average molecular weight is 775 g/mol. The Morgan fingerprint density at radius 3 is 1.20 bits per heavy atom. The highest BCUT2D eigenvalue weighted by Crippen LogP contribution is 2.46. The first-order valence-corrected chi connectivity index (χ1v) is 20.7. The molecule has 2 nitrogen and oxygen atoms in total. The van der Waals surface area contributed by atoms with Gasteiger partial charge in [0.2, 0.25) is 0 Å². The maximum absolute atomic E-state index is 9.48. The summed E-state index contributed by atoms with van der Waals surface area (Å²) in [5.41, 5.74) is 13.4. The Morgan fingerprint density at radius 1 is 0.295 bits per heavy atom. The van der Waals surface area contributed by atoms with Gasteiger partial charge in [0.1, 0.15) is 0 Å². The van der Waals surface area contributed by atoms with Crippen LogP contribution in [0.5, 0.6) is 0 Å². The molecule has 0 bridgehead atoms. The zero-order valence-electron chi connectivity index (χ0n) is 33.3. The van der Waals surface area contributed by atoms with Crippen LogP contribution in [0.4, 0.5) is 17.1 Å². The number of nitrogens with zero attached hydrogens (tertiary/aromatic N) is 2. The molecule has 0 aliphatic carbocycles. The van der Waals surface area contributed by atoms with Crippen LogP contribution < -0.4 is 4.90 Å². The van der Waals surface area contributed by atoms with Gasteiger partial charge in [0.25, 0.3) is 0 Å². The van der Waals surface area contributed by atoms with Gasteiger partial charge in [-0.15, -0.1) is 0 Å². The predicted molar refractivity (Wildman–Crippen MR) is 258 cm³/mol. The monoisotopic (exact) mass is 774 g/mol. The van der Waals surface area contributed by atoms with Crippen LogP contribution in [0.15, 0.2) is 231 Å². The Kier molecular flexibility index (Phi) is 8.92. The molecule has 0 amide bonds. The fraction of sp³-hybridized carbons (Fsp3) is 0. The summed E-state index contributed by atoms with van der Waals surface area (Å²) >= 11 is 0. The number of fused-ring (bicyclic) bond motifs is 4. The van der Waals surface area contributed by atoms with E-state index < -0.39 is 0 Å².